The van der Waals surface area contributed by atoms with Crippen LogP contribution in [-0.2, 0) is 11.2 Å². The maximum Gasteiger partial charge on any atom is 0.219 e. The molecule has 1 rings (SSSR count). The molecule has 0 aliphatic carbocycles. The number of carbonyl (C=O) groups excluding carboxylic acids is 1. The lowest BCUT2D eigenvalue weighted by atomic mass is 10.2. The van der Waals surface area contributed by atoms with Crippen molar-refractivity contribution in [3.05, 3.63) is 23.0 Å². The van der Waals surface area contributed by atoms with E-state index in [9.17, 15) is 4.79 Å². The average Bonchev–Trinajstić information content (AvgIpc) is 2.54. The average molecular weight is 250 g/mol. The summed E-state index contributed by atoms with van der Waals surface area (Å²) in [5.41, 5.74) is 3.97. The van der Waals surface area contributed by atoms with Crippen molar-refractivity contribution in [1.29, 1.82) is 0 Å². The zero-order chi connectivity index (χ0) is 13.7. The lowest BCUT2D eigenvalue weighted by Gasteiger charge is -2.13. The summed E-state index contributed by atoms with van der Waals surface area (Å²) in [7, 11) is 0. The summed E-state index contributed by atoms with van der Waals surface area (Å²) >= 11 is 0. The number of rotatable bonds is 6. The van der Waals surface area contributed by atoms with Crippen LogP contribution in [0.5, 0.6) is 0 Å². The number of nitrogens with one attached hydrogen (secondary N) is 1. The summed E-state index contributed by atoms with van der Waals surface area (Å²) in [6.07, 6.45) is 2.46. The van der Waals surface area contributed by atoms with E-state index in [0.29, 0.717) is 12.5 Å². The van der Waals surface area contributed by atoms with Crippen molar-refractivity contribution < 1.29 is 4.79 Å². The zero-order valence-electron chi connectivity index (χ0n) is 12.3. The Morgan fingerprint density at radius 2 is 2.06 bits per heavy atom. The Labute approximate surface area is 111 Å². The number of hydrogen-bond acceptors (Lipinski definition) is 1. The minimum Gasteiger partial charge on any atom is -0.356 e. The number of nitrogens with zero attached hydrogens (tertiary/aromatic N) is 1. The molecule has 3 nitrogen and oxygen atoms in total. The highest BCUT2D eigenvalue weighted by molar-refractivity contribution is 5.75. The molecule has 1 aromatic heterocycles. The Kier molecular flexibility index (Phi) is 5.45. The molecular weight excluding hydrogens is 224 g/mol. The van der Waals surface area contributed by atoms with Gasteiger partial charge in [-0.25, -0.2) is 0 Å². The van der Waals surface area contributed by atoms with Crippen molar-refractivity contribution in [3.8, 4) is 0 Å². The first-order valence-electron chi connectivity index (χ1n) is 6.91. The number of aryl methyl sites for hydroxylation is 1. The van der Waals surface area contributed by atoms with E-state index in [2.05, 4.69) is 43.6 Å². The predicted molar refractivity (Wildman–Crippen MR) is 75.9 cm³/mol. The summed E-state index contributed by atoms with van der Waals surface area (Å²) < 4.78 is 2.35. The topological polar surface area (TPSA) is 34.0 Å². The van der Waals surface area contributed by atoms with Crippen LogP contribution in [0, 0.1) is 13.8 Å². The quantitative estimate of drug-likeness (QED) is 0.827. The first-order chi connectivity index (χ1) is 8.47. The normalized spacial score (nSPS) is 11.0. The predicted octanol–water partition coefficient (Wildman–Crippen LogP) is 3.14. The SMILES string of the molecule is CCCC(=O)NCCc1cc(C)n(C(C)C)c1C. The molecule has 3 heteroatoms. The third-order valence-corrected chi connectivity index (χ3v) is 3.30. The van der Waals surface area contributed by atoms with Gasteiger partial charge in [0.05, 0.1) is 0 Å². The largest absolute Gasteiger partial charge is 0.356 e. The molecular formula is C15H26N2O. The fourth-order valence-corrected chi connectivity index (χ4v) is 2.55. The van der Waals surface area contributed by atoms with E-state index in [1.54, 1.807) is 0 Å². The Morgan fingerprint density at radius 1 is 1.39 bits per heavy atom. The third kappa shape index (κ3) is 3.62. The van der Waals surface area contributed by atoms with E-state index in [-0.39, 0.29) is 5.91 Å². The van der Waals surface area contributed by atoms with Crippen molar-refractivity contribution in [2.75, 3.05) is 6.54 Å². The fourth-order valence-electron chi connectivity index (χ4n) is 2.55. The van der Waals surface area contributed by atoms with Crippen molar-refractivity contribution in [1.82, 2.24) is 9.88 Å². The number of hydrogen-bond donors (Lipinski definition) is 1. The van der Waals surface area contributed by atoms with Crippen LogP contribution in [0.3, 0.4) is 0 Å². The van der Waals surface area contributed by atoms with Crippen LogP contribution < -0.4 is 5.32 Å². The van der Waals surface area contributed by atoms with Crippen LogP contribution >= 0.6 is 0 Å². The van der Waals surface area contributed by atoms with Gasteiger partial charge in [0.2, 0.25) is 5.91 Å². The van der Waals surface area contributed by atoms with Gasteiger partial charge in [0, 0.05) is 30.4 Å². The lowest BCUT2D eigenvalue weighted by molar-refractivity contribution is -0.121. The molecule has 0 unspecified atom stereocenters. The summed E-state index contributed by atoms with van der Waals surface area (Å²) in [6.45, 7) is 11.5. The number of carbonyl (C=O) groups is 1. The second-order valence-corrected chi connectivity index (χ2v) is 5.21. The molecule has 0 spiro atoms. The molecule has 0 radical (unpaired) electrons. The molecule has 0 bridgehead atoms. The van der Waals surface area contributed by atoms with E-state index < -0.39 is 0 Å². The molecule has 1 amide bonds. The van der Waals surface area contributed by atoms with Gasteiger partial charge in [-0.3, -0.25) is 4.79 Å². The minimum absolute atomic E-state index is 0.162. The number of amides is 1. The smallest absolute Gasteiger partial charge is 0.219 e. The van der Waals surface area contributed by atoms with Crippen LogP contribution in [0.1, 0.15) is 56.6 Å². The van der Waals surface area contributed by atoms with E-state index >= 15 is 0 Å². The van der Waals surface area contributed by atoms with E-state index in [4.69, 9.17) is 0 Å². The first kappa shape index (κ1) is 14.8. The number of aromatic nitrogens is 1. The molecule has 0 fully saturated rings. The molecule has 0 aliphatic rings. The van der Waals surface area contributed by atoms with Crippen LogP contribution in [-0.4, -0.2) is 17.0 Å². The van der Waals surface area contributed by atoms with Gasteiger partial charge in [0.25, 0.3) is 0 Å². The second kappa shape index (κ2) is 6.62. The third-order valence-electron chi connectivity index (χ3n) is 3.30. The highest BCUT2D eigenvalue weighted by Gasteiger charge is 2.11. The van der Waals surface area contributed by atoms with Gasteiger partial charge in [0.15, 0.2) is 0 Å². The van der Waals surface area contributed by atoms with Crippen molar-refractivity contribution in [2.24, 2.45) is 0 Å². The summed E-state index contributed by atoms with van der Waals surface area (Å²) in [4.78, 5) is 11.4. The second-order valence-electron chi connectivity index (χ2n) is 5.21. The fraction of sp³-hybridized carbons (Fsp3) is 0.667. The Hall–Kier alpha value is -1.25. The zero-order valence-corrected chi connectivity index (χ0v) is 12.3. The van der Waals surface area contributed by atoms with Gasteiger partial charge < -0.3 is 9.88 Å². The maximum absolute atomic E-state index is 11.4. The highest BCUT2D eigenvalue weighted by atomic mass is 16.1. The van der Waals surface area contributed by atoms with Crippen LogP contribution in [0.25, 0.3) is 0 Å². The molecule has 0 saturated carbocycles. The first-order valence-corrected chi connectivity index (χ1v) is 6.91. The Balaban J connectivity index is 2.58. The molecule has 1 N–H and O–H groups in total. The van der Waals surface area contributed by atoms with Gasteiger partial charge in [-0.15, -0.1) is 0 Å². The highest BCUT2D eigenvalue weighted by Crippen LogP contribution is 2.20. The molecule has 0 atom stereocenters. The summed E-state index contributed by atoms with van der Waals surface area (Å²) in [5.74, 6) is 0.162. The summed E-state index contributed by atoms with van der Waals surface area (Å²) in [6, 6.07) is 2.73. The lowest BCUT2D eigenvalue weighted by Crippen LogP contribution is -2.25. The van der Waals surface area contributed by atoms with Crippen LogP contribution in [0.2, 0.25) is 0 Å². The van der Waals surface area contributed by atoms with Gasteiger partial charge in [-0.05, 0) is 52.2 Å². The standard InChI is InChI=1S/C15H26N2O/c1-6-7-15(18)16-9-8-14-10-12(4)17(11(2)3)13(14)5/h10-11H,6-9H2,1-5H3,(H,16,18). The van der Waals surface area contributed by atoms with E-state index in [1.807, 2.05) is 6.92 Å². The van der Waals surface area contributed by atoms with Crippen molar-refractivity contribution in [2.45, 2.75) is 59.9 Å². The van der Waals surface area contributed by atoms with Gasteiger partial charge >= 0.3 is 0 Å². The Bertz CT molecular complexity index is 405. The molecule has 102 valence electrons. The maximum atomic E-state index is 11.4. The van der Waals surface area contributed by atoms with Crippen molar-refractivity contribution in [3.63, 3.8) is 0 Å². The molecule has 1 heterocycles. The van der Waals surface area contributed by atoms with Crippen molar-refractivity contribution >= 4 is 5.91 Å². The van der Waals surface area contributed by atoms with Crippen LogP contribution in [0.15, 0.2) is 6.07 Å². The molecule has 18 heavy (non-hydrogen) atoms. The Morgan fingerprint density at radius 3 is 2.56 bits per heavy atom. The van der Waals surface area contributed by atoms with E-state index in [0.717, 1.165) is 19.4 Å². The van der Waals surface area contributed by atoms with E-state index in [1.165, 1.54) is 17.0 Å². The monoisotopic (exact) mass is 250 g/mol. The van der Waals surface area contributed by atoms with Crippen LogP contribution in [0.4, 0.5) is 0 Å². The summed E-state index contributed by atoms with van der Waals surface area (Å²) in [5, 5.41) is 2.97. The molecule has 0 saturated heterocycles. The molecule has 0 aliphatic heterocycles. The van der Waals surface area contributed by atoms with Gasteiger partial charge in [-0.2, -0.15) is 0 Å². The van der Waals surface area contributed by atoms with Gasteiger partial charge in [0.1, 0.15) is 0 Å². The minimum atomic E-state index is 0.162. The molecule has 1 aromatic rings. The molecule has 0 aromatic carbocycles. The van der Waals surface area contributed by atoms with Gasteiger partial charge in [-0.1, -0.05) is 6.92 Å².